The molecule has 0 aliphatic carbocycles. The lowest BCUT2D eigenvalue weighted by Crippen LogP contribution is -2.12. The third-order valence-corrected chi connectivity index (χ3v) is 4.94. The van der Waals surface area contributed by atoms with Crippen molar-refractivity contribution in [1.82, 2.24) is 4.98 Å². The Bertz CT molecular complexity index is 669. The Morgan fingerprint density at radius 3 is 2.60 bits per heavy atom. The van der Waals surface area contributed by atoms with E-state index in [0.717, 1.165) is 5.56 Å². The minimum absolute atomic E-state index is 0.0168. The molecule has 1 aromatic heterocycles. The highest BCUT2D eigenvalue weighted by atomic mass is 32.2. The minimum atomic E-state index is -3.23. The van der Waals surface area contributed by atoms with Gasteiger partial charge in [0.15, 0.2) is 9.84 Å². The van der Waals surface area contributed by atoms with Gasteiger partial charge in [0.2, 0.25) is 0 Å². The van der Waals surface area contributed by atoms with E-state index in [9.17, 15) is 8.42 Å². The fraction of sp³-hybridized carbons (Fsp3) is 0.267. The summed E-state index contributed by atoms with van der Waals surface area (Å²) in [4.78, 5) is 4.42. The largest absolute Gasteiger partial charge is 0.377 e. The zero-order chi connectivity index (χ0) is 14.6. The number of benzene rings is 1. The highest BCUT2D eigenvalue weighted by Crippen LogP contribution is 2.26. The van der Waals surface area contributed by atoms with Gasteiger partial charge in [-0.25, -0.2) is 8.42 Å². The van der Waals surface area contributed by atoms with E-state index in [1.165, 1.54) is 0 Å². The van der Waals surface area contributed by atoms with Gasteiger partial charge in [-0.1, -0.05) is 25.1 Å². The maximum Gasteiger partial charge on any atom is 0.180 e. The molecule has 0 saturated heterocycles. The van der Waals surface area contributed by atoms with E-state index >= 15 is 0 Å². The van der Waals surface area contributed by atoms with Crippen molar-refractivity contribution in [3.63, 3.8) is 0 Å². The SMILES string of the molecule is CCS(=O)(=O)c1ccccc1NC(C)c1cccnc1. The van der Waals surface area contributed by atoms with Crippen molar-refractivity contribution in [2.24, 2.45) is 0 Å². The molecule has 0 aliphatic heterocycles. The Balaban J connectivity index is 2.31. The first-order valence-corrected chi connectivity index (χ1v) is 8.18. The van der Waals surface area contributed by atoms with Crippen molar-refractivity contribution in [2.75, 3.05) is 11.1 Å². The molecule has 2 rings (SSSR count). The molecule has 5 heteroatoms. The first-order valence-electron chi connectivity index (χ1n) is 6.53. The van der Waals surface area contributed by atoms with Crippen molar-refractivity contribution in [1.29, 1.82) is 0 Å². The maximum atomic E-state index is 12.1. The second-order valence-electron chi connectivity index (χ2n) is 4.55. The number of pyridine rings is 1. The number of nitrogens with zero attached hydrogens (tertiary/aromatic N) is 1. The van der Waals surface area contributed by atoms with Gasteiger partial charge in [0.05, 0.1) is 22.4 Å². The van der Waals surface area contributed by atoms with E-state index < -0.39 is 9.84 Å². The first-order chi connectivity index (χ1) is 9.54. The van der Waals surface area contributed by atoms with Gasteiger partial charge in [0.25, 0.3) is 0 Å². The zero-order valence-corrected chi connectivity index (χ0v) is 12.4. The highest BCUT2D eigenvalue weighted by Gasteiger charge is 2.17. The van der Waals surface area contributed by atoms with Crippen LogP contribution in [0, 0.1) is 0 Å². The number of anilines is 1. The molecule has 0 fully saturated rings. The quantitative estimate of drug-likeness (QED) is 0.919. The third-order valence-electron chi connectivity index (χ3n) is 3.16. The predicted molar refractivity (Wildman–Crippen MR) is 80.4 cm³/mol. The summed E-state index contributed by atoms with van der Waals surface area (Å²) < 4.78 is 24.2. The molecule has 106 valence electrons. The van der Waals surface area contributed by atoms with Gasteiger partial charge in [-0.15, -0.1) is 0 Å². The molecule has 1 atom stereocenters. The molecule has 1 aromatic carbocycles. The Kier molecular flexibility index (Phi) is 4.39. The van der Waals surface area contributed by atoms with E-state index in [-0.39, 0.29) is 11.8 Å². The van der Waals surface area contributed by atoms with E-state index in [4.69, 9.17) is 0 Å². The molecule has 0 radical (unpaired) electrons. The molecular formula is C15H18N2O2S. The molecule has 0 spiro atoms. The standard InChI is InChI=1S/C15H18N2O2S/c1-3-20(18,19)15-9-5-4-8-14(15)17-12(2)13-7-6-10-16-11-13/h4-12,17H,3H2,1-2H3. The molecule has 1 unspecified atom stereocenters. The Morgan fingerprint density at radius 1 is 1.20 bits per heavy atom. The van der Waals surface area contributed by atoms with Crippen molar-refractivity contribution in [2.45, 2.75) is 24.8 Å². The molecule has 0 aliphatic rings. The average molecular weight is 290 g/mol. The third kappa shape index (κ3) is 3.17. The minimum Gasteiger partial charge on any atom is -0.377 e. The molecule has 4 nitrogen and oxygen atoms in total. The topological polar surface area (TPSA) is 59.1 Å². The monoisotopic (exact) mass is 290 g/mol. The molecular weight excluding hydrogens is 272 g/mol. The lowest BCUT2D eigenvalue weighted by Gasteiger charge is -2.18. The van der Waals surface area contributed by atoms with Gasteiger partial charge in [0, 0.05) is 12.4 Å². The van der Waals surface area contributed by atoms with Crippen molar-refractivity contribution >= 4 is 15.5 Å². The lowest BCUT2D eigenvalue weighted by atomic mass is 10.1. The molecule has 1 N–H and O–H groups in total. The van der Waals surface area contributed by atoms with Crippen LogP contribution in [0.1, 0.15) is 25.5 Å². The number of hydrogen-bond donors (Lipinski definition) is 1. The average Bonchev–Trinajstić information content (AvgIpc) is 2.48. The van der Waals surface area contributed by atoms with Crippen LogP contribution in [0.15, 0.2) is 53.7 Å². The number of rotatable bonds is 5. The van der Waals surface area contributed by atoms with Crippen molar-refractivity contribution < 1.29 is 8.42 Å². The molecule has 0 saturated carbocycles. The molecule has 2 aromatic rings. The molecule has 0 bridgehead atoms. The number of sulfone groups is 1. The summed E-state index contributed by atoms with van der Waals surface area (Å²) in [7, 11) is -3.23. The number of para-hydroxylation sites is 1. The van der Waals surface area contributed by atoms with Gasteiger partial charge >= 0.3 is 0 Å². The fourth-order valence-corrected chi connectivity index (χ4v) is 3.02. The number of hydrogen-bond acceptors (Lipinski definition) is 4. The molecule has 1 heterocycles. The Labute approximate surface area is 119 Å². The normalized spacial score (nSPS) is 12.9. The molecule has 20 heavy (non-hydrogen) atoms. The second kappa shape index (κ2) is 6.05. The van der Waals surface area contributed by atoms with Gasteiger partial charge in [-0.05, 0) is 30.7 Å². The highest BCUT2D eigenvalue weighted by molar-refractivity contribution is 7.91. The molecule has 0 amide bonds. The fourth-order valence-electron chi connectivity index (χ4n) is 1.96. The van der Waals surface area contributed by atoms with Crippen LogP contribution < -0.4 is 5.32 Å². The Hall–Kier alpha value is -1.88. The van der Waals surface area contributed by atoms with Gasteiger partial charge in [-0.3, -0.25) is 4.98 Å². The van der Waals surface area contributed by atoms with Crippen LogP contribution in [-0.4, -0.2) is 19.2 Å². The van der Waals surface area contributed by atoms with Crippen LogP contribution in [0.3, 0.4) is 0 Å². The first kappa shape index (κ1) is 14.5. The summed E-state index contributed by atoms with van der Waals surface area (Å²) in [5, 5.41) is 3.25. The lowest BCUT2D eigenvalue weighted by molar-refractivity contribution is 0.597. The second-order valence-corrected chi connectivity index (χ2v) is 6.80. The smallest absolute Gasteiger partial charge is 0.180 e. The predicted octanol–water partition coefficient (Wildman–Crippen LogP) is 3.05. The number of aromatic nitrogens is 1. The summed E-state index contributed by atoms with van der Waals surface area (Å²) in [6.45, 7) is 3.63. The van der Waals surface area contributed by atoms with Gasteiger partial charge in [-0.2, -0.15) is 0 Å². The summed E-state index contributed by atoms with van der Waals surface area (Å²) in [6.07, 6.45) is 3.49. The summed E-state index contributed by atoms with van der Waals surface area (Å²) >= 11 is 0. The van der Waals surface area contributed by atoms with E-state index in [2.05, 4.69) is 10.3 Å². The number of nitrogens with one attached hydrogen (secondary N) is 1. The van der Waals surface area contributed by atoms with Crippen molar-refractivity contribution in [3.05, 3.63) is 54.4 Å². The summed E-state index contributed by atoms with van der Waals surface area (Å²) in [5.41, 5.74) is 1.64. The zero-order valence-electron chi connectivity index (χ0n) is 11.6. The van der Waals surface area contributed by atoms with E-state index in [0.29, 0.717) is 10.6 Å². The van der Waals surface area contributed by atoms with Gasteiger partial charge < -0.3 is 5.32 Å². The van der Waals surface area contributed by atoms with Crippen LogP contribution in [0.25, 0.3) is 0 Å². The summed E-state index contributed by atoms with van der Waals surface area (Å²) in [6, 6.07) is 10.8. The van der Waals surface area contributed by atoms with Crippen LogP contribution in [0.4, 0.5) is 5.69 Å². The van der Waals surface area contributed by atoms with Crippen LogP contribution in [0.5, 0.6) is 0 Å². The maximum absolute atomic E-state index is 12.1. The summed E-state index contributed by atoms with van der Waals surface area (Å²) in [5.74, 6) is 0.0902. The van der Waals surface area contributed by atoms with Gasteiger partial charge in [0.1, 0.15) is 0 Å². The van der Waals surface area contributed by atoms with Crippen LogP contribution >= 0.6 is 0 Å². The van der Waals surface area contributed by atoms with Crippen LogP contribution in [-0.2, 0) is 9.84 Å². The van der Waals surface area contributed by atoms with Crippen LogP contribution in [0.2, 0.25) is 0 Å². The van der Waals surface area contributed by atoms with E-state index in [1.807, 2.05) is 25.1 Å². The van der Waals surface area contributed by atoms with E-state index in [1.54, 1.807) is 37.5 Å². The Morgan fingerprint density at radius 2 is 1.95 bits per heavy atom. The van der Waals surface area contributed by atoms with Crippen molar-refractivity contribution in [3.8, 4) is 0 Å².